The second-order valence-electron chi connectivity index (χ2n) is 7.89. The average Bonchev–Trinajstić information content (AvgIpc) is 3.45. The van der Waals surface area contributed by atoms with Gasteiger partial charge in [0.2, 0.25) is 0 Å². The monoisotopic (exact) mass is 580 g/mol. The summed E-state index contributed by atoms with van der Waals surface area (Å²) in [5, 5.41) is 16.6. The fraction of sp³-hybridized carbons (Fsp3) is 0.300. The van der Waals surface area contributed by atoms with E-state index in [0.29, 0.717) is 6.07 Å². The van der Waals surface area contributed by atoms with E-state index in [0.717, 1.165) is 17.0 Å². The minimum absolute atomic E-state index is 0.0206. The molecule has 0 saturated carbocycles. The van der Waals surface area contributed by atoms with Crippen molar-refractivity contribution in [2.24, 2.45) is 0 Å². The average molecular weight is 581 g/mol. The van der Waals surface area contributed by atoms with Crippen molar-refractivity contribution in [2.45, 2.75) is 23.2 Å². The highest BCUT2D eigenvalue weighted by molar-refractivity contribution is 7.92. The first-order chi connectivity index (χ1) is 17.3. The lowest BCUT2D eigenvalue weighted by molar-refractivity contribution is -0.137. The van der Waals surface area contributed by atoms with Crippen LogP contribution in [-0.4, -0.2) is 70.6 Å². The molecule has 0 bridgehead atoms. The molecule has 1 amide bonds. The minimum Gasteiger partial charge on any atom is -0.465 e. The summed E-state index contributed by atoms with van der Waals surface area (Å²) in [6, 6.07) is 2.77. The molecule has 0 aliphatic carbocycles. The maximum atomic E-state index is 13.3. The topological polar surface area (TPSA) is 140 Å². The molecule has 17 heteroatoms. The minimum atomic E-state index is -4.88. The Labute approximate surface area is 217 Å². The van der Waals surface area contributed by atoms with E-state index in [1.165, 1.54) is 30.3 Å². The lowest BCUT2D eigenvalue weighted by atomic mass is 10.2. The molecule has 3 aromatic rings. The third-order valence-corrected chi connectivity index (χ3v) is 7.50. The molecule has 2 N–H and O–H groups in total. The molecule has 0 spiro atoms. The third kappa shape index (κ3) is 5.44. The van der Waals surface area contributed by atoms with E-state index in [1.807, 2.05) is 0 Å². The zero-order valence-electron chi connectivity index (χ0n) is 18.6. The van der Waals surface area contributed by atoms with E-state index in [9.17, 15) is 31.5 Å². The van der Waals surface area contributed by atoms with E-state index >= 15 is 0 Å². The van der Waals surface area contributed by atoms with Crippen molar-refractivity contribution >= 4 is 45.0 Å². The predicted molar refractivity (Wildman–Crippen MR) is 125 cm³/mol. The van der Waals surface area contributed by atoms with Crippen LogP contribution in [0.2, 0.25) is 10.0 Å². The van der Waals surface area contributed by atoms with Gasteiger partial charge in [0.05, 0.1) is 44.9 Å². The van der Waals surface area contributed by atoms with E-state index in [1.54, 1.807) is 0 Å². The van der Waals surface area contributed by atoms with Crippen molar-refractivity contribution < 1.29 is 36.2 Å². The molecule has 4 rings (SSSR count). The number of anilines is 1. The predicted octanol–water partition coefficient (Wildman–Crippen LogP) is 4.02. The third-order valence-electron chi connectivity index (χ3n) is 5.60. The van der Waals surface area contributed by atoms with E-state index in [2.05, 4.69) is 19.9 Å². The molecule has 3 heterocycles. The number of amides is 1. The number of hydrogen-bond acceptors (Lipinski definition) is 7. The van der Waals surface area contributed by atoms with Crippen LogP contribution in [0, 0.1) is 0 Å². The van der Waals surface area contributed by atoms with Gasteiger partial charge in [-0.2, -0.15) is 13.2 Å². The van der Waals surface area contributed by atoms with Crippen molar-refractivity contribution in [2.75, 3.05) is 24.9 Å². The standard InChI is InChI=1S/C20H17Cl2F3N6O5S/c1-36-16-8-30(19(32)33)7-15(16)31-9-27-28-18(31)17-14(4-10(21)6-26-17)29-37(34,35)11-2-3-13(22)12(5-11)20(23,24)25/h2-6,9,15-16,29H,7-8H2,1H3,(H,32,33). The summed E-state index contributed by atoms with van der Waals surface area (Å²) in [6.45, 7) is 0.0955. The van der Waals surface area contributed by atoms with Crippen molar-refractivity contribution in [1.82, 2.24) is 24.6 Å². The van der Waals surface area contributed by atoms with Crippen LogP contribution in [0.4, 0.5) is 23.7 Å². The number of nitrogens with zero attached hydrogens (tertiary/aromatic N) is 5. The molecular weight excluding hydrogens is 564 g/mol. The quantitative estimate of drug-likeness (QED) is 0.445. The maximum absolute atomic E-state index is 13.3. The number of benzene rings is 1. The number of halogens is 5. The summed E-state index contributed by atoms with van der Waals surface area (Å²) in [5.41, 5.74) is -1.58. The number of ether oxygens (including phenoxy) is 1. The molecule has 1 saturated heterocycles. The Hall–Kier alpha value is -3.14. The smallest absolute Gasteiger partial charge is 0.417 e. The highest BCUT2D eigenvalue weighted by Gasteiger charge is 2.39. The molecule has 1 fully saturated rings. The van der Waals surface area contributed by atoms with E-state index < -0.39 is 49.9 Å². The lowest BCUT2D eigenvalue weighted by Gasteiger charge is -2.20. The summed E-state index contributed by atoms with van der Waals surface area (Å²) >= 11 is 11.6. The van der Waals surface area contributed by atoms with Gasteiger partial charge in [0.15, 0.2) is 5.82 Å². The van der Waals surface area contributed by atoms with Gasteiger partial charge in [-0.15, -0.1) is 10.2 Å². The number of carboxylic acid groups (broad SMARTS) is 1. The van der Waals surface area contributed by atoms with Crippen molar-refractivity contribution in [1.29, 1.82) is 0 Å². The Morgan fingerprint density at radius 2 is 1.97 bits per heavy atom. The molecule has 1 aliphatic rings. The van der Waals surface area contributed by atoms with Gasteiger partial charge in [0.1, 0.15) is 12.0 Å². The Morgan fingerprint density at radius 3 is 2.62 bits per heavy atom. The fourth-order valence-electron chi connectivity index (χ4n) is 3.85. The first-order valence-electron chi connectivity index (χ1n) is 10.3. The number of sulfonamides is 1. The second-order valence-corrected chi connectivity index (χ2v) is 10.4. The number of pyridine rings is 1. The van der Waals surface area contributed by atoms with Gasteiger partial charge in [-0.3, -0.25) is 4.72 Å². The highest BCUT2D eigenvalue weighted by Crippen LogP contribution is 2.37. The number of hydrogen-bond donors (Lipinski definition) is 2. The Morgan fingerprint density at radius 1 is 1.24 bits per heavy atom. The van der Waals surface area contributed by atoms with Crippen LogP contribution >= 0.6 is 23.2 Å². The van der Waals surface area contributed by atoms with Crippen LogP contribution in [0.5, 0.6) is 0 Å². The number of aromatic nitrogens is 4. The van der Waals surface area contributed by atoms with E-state index in [4.69, 9.17) is 27.9 Å². The zero-order chi connectivity index (χ0) is 27.1. The van der Waals surface area contributed by atoms with Gasteiger partial charge >= 0.3 is 12.3 Å². The SMILES string of the molecule is COC1CN(C(=O)O)CC1n1cnnc1-c1ncc(Cl)cc1NS(=O)(=O)c1ccc(Cl)c(C(F)(F)F)c1. The van der Waals surface area contributed by atoms with Gasteiger partial charge in [-0.05, 0) is 24.3 Å². The van der Waals surface area contributed by atoms with Crippen LogP contribution in [-0.2, 0) is 20.9 Å². The summed E-state index contributed by atoms with van der Waals surface area (Å²) in [4.78, 5) is 16.1. The number of carbonyl (C=O) groups is 1. The van der Waals surface area contributed by atoms with Crippen molar-refractivity contribution in [3.05, 3.63) is 52.4 Å². The molecule has 2 unspecified atom stereocenters. The van der Waals surface area contributed by atoms with Gasteiger partial charge < -0.3 is 19.3 Å². The Bertz CT molecular complexity index is 1450. The number of likely N-dealkylation sites (tertiary alicyclic amines) is 1. The summed E-state index contributed by atoms with van der Waals surface area (Å²) < 4.78 is 75.1. The van der Waals surface area contributed by atoms with Crippen LogP contribution in [0.25, 0.3) is 11.5 Å². The molecule has 37 heavy (non-hydrogen) atoms. The maximum Gasteiger partial charge on any atom is 0.417 e. The lowest BCUT2D eigenvalue weighted by Crippen LogP contribution is -2.28. The number of nitrogens with one attached hydrogen (secondary N) is 1. The molecule has 2 aromatic heterocycles. The largest absolute Gasteiger partial charge is 0.465 e. The summed E-state index contributed by atoms with van der Waals surface area (Å²) in [7, 11) is -3.17. The highest BCUT2D eigenvalue weighted by atomic mass is 35.5. The summed E-state index contributed by atoms with van der Waals surface area (Å²) in [5.74, 6) is 0.0424. The van der Waals surface area contributed by atoms with Crippen LogP contribution < -0.4 is 4.72 Å². The summed E-state index contributed by atoms with van der Waals surface area (Å²) in [6.07, 6.45) is -4.10. The molecule has 1 aliphatic heterocycles. The van der Waals surface area contributed by atoms with Gasteiger partial charge in [0, 0.05) is 19.9 Å². The van der Waals surface area contributed by atoms with Crippen LogP contribution in [0.3, 0.4) is 0 Å². The van der Waals surface area contributed by atoms with Gasteiger partial charge in [-0.1, -0.05) is 23.2 Å². The number of alkyl halides is 3. The molecule has 2 atom stereocenters. The molecule has 1 aromatic carbocycles. The van der Waals surface area contributed by atoms with Crippen molar-refractivity contribution in [3.8, 4) is 11.5 Å². The van der Waals surface area contributed by atoms with Gasteiger partial charge in [-0.25, -0.2) is 18.2 Å². The normalized spacial score (nSPS) is 18.3. The number of methoxy groups -OCH3 is 1. The fourth-order valence-corrected chi connectivity index (χ4v) is 5.32. The molecule has 198 valence electrons. The molecule has 11 nitrogen and oxygen atoms in total. The molecular formula is C20H17Cl2F3N6O5S. The van der Waals surface area contributed by atoms with Crippen molar-refractivity contribution in [3.63, 3.8) is 0 Å². The Balaban J connectivity index is 1.75. The zero-order valence-corrected chi connectivity index (χ0v) is 21.0. The first-order valence-corrected chi connectivity index (χ1v) is 12.5. The number of rotatable bonds is 6. The van der Waals surface area contributed by atoms with Crippen LogP contribution in [0.15, 0.2) is 41.7 Å². The molecule has 0 radical (unpaired) electrons. The second kappa shape index (κ2) is 9.96. The Kier molecular flexibility index (Phi) is 7.25. The van der Waals surface area contributed by atoms with Crippen LogP contribution in [0.1, 0.15) is 11.6 Å². The van der Waals surface area contributed by atoms with Gasteiger partial charge in [0.25, 0.3) is 10.0 Å². The first kappa shape index (κ1) is 26.9. The van der Waals surface area contributed by atoms with E-state index in [-0.39, 0.29) is 35.3 Å².